The molecule has 174 valence electrons. The van der Waals surface area contributed by atoms with Gasteiger partial charge in [-0.05, 0) is 91.2 Å². The topological polar surface area (TPSA) is 90.6 Å². The molecule has 6 heteroatoms. The molecule has 0 radical (unpaired) electrons. The molecule has 1 aliphatic rings. The van der Waals surface area contributed by atoms with E-state index in [4.69, 9.17) is 15.2 Å². The van der Waals surface area contributed by atoms with Gasteiger partial charge in [0.2, 0.25) is 0 Å². The Balaban J connectivity index is 1.91. The second kappa shape index (κ2) is 10.6. The summed E-state index contributed by atoms with van der Waals surface area (Å²) < 4.78 is 11.1. The van der Waals surface area contributed by atoms with E-state index in [1.807, 2.05) is 71.9 Å². The number of esters is 2. The molecule has 1 aromatic carbocycles. The van der Waals surface area contributed by atoms with Gasteiger partial charge in [0.25, 0.3) is 0 Å². The van der Waals surface area contributed by atoms with E-state index in [9.17, 15) is 9.59 Å². The summed E-state index contributed by atoms with van der Waals surface area (Å²) in [5, 5.41) is 3.43. The Bertz CT molecular complexity index is 713. The van der Waals surface area contributed by atoms with Crippen molar-refractivity contribution in [2.45, 2.75) is 90.5 Å². The predicted octanol–water partition coefficient (Wildman–Crippen LogP) is 4.13. The summed E-state index contributed by atoms with van der Waals surface area (Å²) in [6.07, 6.45) is 3.69. The maximum absolute atomic E-state index is 12.8. The zero-order valence-electron chi connectivity index (χ0n) is 19.9. The van der Waals surface area contributed by atoms with Crippen molar-refractivity contribution in [3.05, 3.63) is 35.9 Å². The third kappa shape index (κ3) is 8.62. The molecule has 1 saturated carbocycles. The van der Waals surface area contributed by atoms with E-state index in [0.717, 1.165) is 31.2 Å². The van der Waals surface area contributed by atoms with E-state index >= 15 is 0 Å². The summed E-state index contributed by atoms with van der Waals surface area (Å²) in [4.78, 5) is 25.1. The van der Waals surface area contributed by atoms with E-state index in [2.05, 4.69) is 5.32 Å². The van der Waals surface area contributed by atoms with Crippen LogP contribution in [0.2, 0.25) is 0 Å². The molecular weight excluding hydrogens is 392 g/mol. The summed E-state index contributed by atoms with van der Waals surface area (Å²) >= 11 is 0. The minimum atomic E-state index is -0.577. The number of rotatable bonds is 7. The van der Waals surface area contributed by atoms with Crippen molar-refractivity contribution < 1.29 is 19.1 Å². The molecule has 1 aliphatic carbocycles. The summed E-state index contributed by atoms with van der Waals surface area (Å²) in [5.41, 5.74) is 6.03. The number of nitrogens with two attached hydrogens (primary N) is 1. The largest absolute Gasteiger partial charge is 0.459 e. The summed E-state index contributed by atoms with van der Waals surface area (Å²) in [7, 11) is 0. The molecule has 3 N–H and O–H groups in total. The lowest BCUT2D eigenvalue weighted by atomic mass is 9.78. The molecule has 0 heterocycles. The Hall–Kier alpha value is -1.92. The van der Waals surface area contributed by atoms with Crippen molar-refractivity contribution in [2.75, 3.05) is 6.54 Å². The van der Waals surface area contributed by atoms with Crippen LogP contribution in [-0.2, 0) is 19.1 Å². The monoisotopic (exact) mass is 432 g/mol. The zero-order chi connectivity index (χ0) is 23.2. The third-order valence-electron chi connectivity index (χ3n) is 5.46. The Morgan fingerprint density at radius 3 is 1.97 bits per heavy atom. The number of ether oxygens (including phenoxy) is 2. The van der Waals surface area contributed by atoms with Crippen molar-refractivity contribution in [3.8, 4) is 0 Å². The first-order valence-corrected chi connectivity index (χ1v) is 11.4. The van der Waals surface area contributed by atoms with Crippen LogP contribution in [0.4, 0.5) is 0 Å². The van der Waals surface area contributed by atoms with Gasteiger partial charge in [-0.1, -0.05) is 30.3 Å². The molecular formula is C25H40N2O4. The Morgan fingerprint density at radius 2 is 1.45 bits per heavy atom. The Morgan fingerprint density at radius 1 is 0.935 bits per heavy atom. The highest BCUT2D eigenvalue weighted by Gasteiger charge is 2.33. The van der Waals surface area contributed by atoms with Crippen LogP contribution in [0.3, 0.4) is 0 Å². The number of benzene rings is 1. The fourth-order valence-electron chi connectivity index (χ4n) is 3.94. The minimum Gasteiger partial charge on any atom is -0.459 e. The third-order valence-corrected chi connectivity index (χ3v) is 5.46. The van der Waals surface area contributed by atoms with E-state index in [0.29, 0.717) is 12.5 Å². The van der Waals surface area contributed by atoms with Crippen LogP contribution in [0.25, 0.3) is 0 Å². The molecule has 1 fully saturated rings. The van der Waals surface area contributed by atoms with Gasteiger partial charge in [-0.3, -0.25) is 4.79 Å². The lowest BCUT2D eigenvalue weighted by molar-refractivity contribution is -0.159. The molecule has 1 aromatic rings. The SMILES string of the molecule is CC(C)(C)OC(=O)C(N)C1CCC(CN[C@H](C(=O)OC(C)(C)C)c2ccccc2)CC1. The van der Waals surface area contributed by atoms with E-state index in [1.54, 1.807) is 0 Å². The van der Waals surface area contributed by atoms with Crippen molar-refractivity contribution in [2.24, 2.45) is 17.6 Å². The second-order valence-corrected chi connectivity index (χ2v) is 10.6. The van der Waals surface area contributed by atoms with E-state index < -0.39 is 23.3 Å². The fraction of sp³-hybridized carbons (Fsp3) is 0.680. The van der Waals surface area contributed by atoms with Crippen LogP contribution in [0, 0.1) is 11.8 Å². The van der Waals surface area contributed by atoms with Gasteiger partial charge in [0.1, 0.15) is 23.3 Å². The van der Waals surface area contributed by atoms with Crippen molar-refractivity contribution >= 4 is 11.9 Å². The lowest BCUT2D eigenvalue weighted by Crippen LogP contribution is -2.44. The Kier molecular flexibility index (Phi) is 8.66. The molecule has 1 unspecified atom stereocenters. The standard InChI is InChI=1S/C25H40N2O4/c1-24(2,3)30-22(28)20(26)18-14-12-17(13-15-18)16-27-21(19-10-8-7-9-11-19)23(29)31-25(4,5)6/h7-11,17-18,20-21,27H,12-16,26H2,1-6H3/t17?,18?,20?,21-/m0/s1. The van der Waals surface area contributed by atoms with Gasteiger partial charge in [0, 0.05) is 0 Å². The highest BCUT2D eigenvalue weighted by atomic mass is 16.6. The molecule has 0 aliphatic heterocycles. The fourth-order valence-corrected chi connectivity index (χ4v) is 3.94. The first kappa shape index (κ1) is 25.3. The first-order valence-electron chi connectivity index (χ1n) is 11.4. The highest BCUT2D eigenvalue weighted by Crippen LogP contribution is 2.31. The van der Waals surface area contributed by atoms with Gasteiger partial charge in [0.15, 0.2) is 0 Å². The van der Waals surface area contributed by atoms with E-state index in [-0.39, 0.29) is 17.9 Å². The van der Waals surface area contributed by atoms with Crippen LogP contribution in [-0.4, -0.2) is 35.7 Å². The molecule has 6 nitrogen and oxygen atoms in total. The second-order valence-electron chi connectivity index (χ2n) is 10.6. The van der Waals surface area contributed by atoms with Crippen LogP contribution in [0.15, 0.2) is 30.3 Å². The molecule has 0 saturated heterocycles. The maximum atomic E-state index is 12.8. The van der Waals surface area contributed by atoms with Crippen LogP contribution < -0.4 is 11.1 Å². The molecule has 0 spiro atoms. The number of hydrogen-bond acceptors (Lipinski definition) is 6. The van der Waals surface area contributed by atoms with Crippen LogP contribution >= 0.6 is 0 Å². The molecule has 0 bridgehead atoms. The van der Waals surface area contributed by atoms with Gasteiger partial charge >= 0.3 is 11.9 Å². The zero-order valence-corrected chi connectivity index (χ0v) is 19.9. The number of hydrogen-bond donors (Lipinski definition) is 2. The van der Waals surface area contributed by atoms with Crippen molar-refractivity contribution in [3.63, 3.8) is 0 Å². The molecule has 2 atom stereocenters. The van der Waals surface area contributed by atoms with Gasteiger partial charge in [-0.2, -0.15) is 0 Å². The summed E-state index contributed by atoms with van der Waals surface area (Å²) in [6.45, 7) is 11.9. The average Bonchev–Trinajstić information content (AvgIpc) is 2.66. The first-order chi connectivity index (χ1) is 14.4. The quantitative estimate of drug-likeness (QED) is 0.630. The number of carbonyl (C=O) groups excluding carboxylic acids is 2. The smallest absolute Gasteiger partial charge is 0.328 e. The number of carbonyl (C=O) groups is 2. The van der Waals surface area contributed by atoms with Gasteiger partial charge in [-0.25, -0.2) is 4.79 Å². The molecule has 0 amide bonds. The normalized spacial score (nSPS) is 21.8. The average molecular weight is 433 g/mol. The molecule has 0 aromatic heterocycles. The predicted molar refractivity (Wildman–Crippen MR) is 122 cm³/mol. The highest BCUT2D eigenvalue weighted by molar-refractivity contribution is 5.78. The molecule has 2 rings (SSSR count). The van der Waals surface area contributed by atoms with Crippen molar-refractivity contribution in [1.82, 2.24) is 5.32 Å². The summed E-state index contributed by atoms with van der Waals surface area (Å²) in [5.74, 6) is -0.0138. The van der Waals surface area contributed by atoms with E-state index in [1.165, 1.54) is 0 Å². The van der Waals surface area contributed by atoms with Crippen LogP contribution in [0.1, 0.15) is 78.8 Å². The van der Waals surface area contributed by atoms with Gasteiger partial charge in [0.05, 0.1) is 0 Å². The number of nitrogens with one attached hydrogen (secondary N) is 1. The maximum Gasteiger partial charge on any atom is 0.328 e. The van der Waals surface area contributed by atoms with Crippen molar-refractivity contribution in [1.29, 1.82) is 0 Å². The lowest BCUT2D eigenvalue weighted by Gasteiger charge is -2.33. The van der Waals surface area contributed by atoms with Gasteiger partial charge in [-0.15, -0.1) is 0 Å². The van der Waals surface area contributed by atoms with Crippen LogP contribution in [0.5, 0.6) is 0 Å². The Labute approximate surface area is 187 Å². The molecule has 31 heavy (non-hydrogen) atoms. The minimum absolute atomic E-state index is 0.141. The van der Waals surface area contributed by atoms with Gasteiger partial charge < -0.3 is 20.5 Å². The summed E-state index contributed by atoms with van der Waals surface area (Å²) in [6, 6.07) is 8.60.